The Labute approximate surface area is 52.0 Å². The zero-order chi connectivity index (χ0) is 7.49. The summed E-state index contributed by atoms with van der Waals surface area (Å²) in [4.78, 5) is 10.3. The SMILES string of the molecule is COC(=O)[C@@](N)(O)CO. The van der Waals surface area contributed by atoms with Gasteiger partial charge in [0, 0.05) is 0 Å². The van der Waals surface area contributed by atoms with E-state index in [4.69, 9.17) is 15.9 Å². The van der Waals surface area contributed by atoms with Gasteiger partial charge in [-0.15, -0.1) is 0 Å². The quantitative estimate of drug-likeness (QED) is 0.295. The van der Waals surface area contributed by atoms with Crippen molar-refractivity contribution in [2.45, 2.75) is 5.72 Å². The second-order valence-corrected chi connectivity index (χ2v) is 1.57. The molecule has 0 spiro atoms. The molecule has 0 fully saturated rings. The van der Waals surface area contributed by atoms with Crippen molar-refractivity contribution in [3.63, 3.8) is 0 Å². The molecular weight excluding hydrogens is 126 g/mol. The van der Waals surface area contributed by atoms with E-state index in [2.05, 4.69) is 4.74 Å². The second-order valence-electron chi connectivity index (χ2n) is 1.57. The molecule has 0 aromatic heterocycles. The third-order valence-electron chi connectivity index (χ3n) is 0.780. The van der Waals surface area contributed by atoms with Crippen molar-refractivity contribution in [1.29, 1.82) is 0 Å². The minimum Gasteiger partial charge on any atom is -0.466 e. The fraction of sp³-hybridized carbons (Fsp3) is 0.750. The molecular formula is C4H9NO4. The Morgan fingerprint density at radius 3 is 2.44 bits per heavy atom. The summed E-state index contributed by atoms with van der Waals surface area (Å²) in [5.41, 5.74) is 2.55. The third-order valence-corrected chi connectivity index (χ3v) is 0.780. The number of hydrogen-bond donors (Lipinski definition) is 3. The van der Waals surface area contributed by atoms with E-state index in [-0.39, 0.29) is 0 Å². The predicted octanol–water partition coefficient (Wildman–Crippen LogP) is -2.20. The van der Waals surface area contributed by atoms with Crippen LogP contribution in [0.4, 0.5) is 0 Å². The van der Waals surface area contributed by atoms with Gasteiger partial charge in [0.05, 0.1) is 13.7 Å². The highest BCUT2D eigenvalue weighted by Crippen LogP contribution is 1.94. The van der Waals surface area contributed by atoms with E-state index in [9.17, 15) is 4.79 Å². The van der Waals surface area contributed by atoms with E-state index in [1.54, 1.807) is 0 Å². The minimum atomic E-state index is -2.26. The van der Waals surface area contributed by atoms with Crippen molar-refractivity contribution >= 4 is 5.97 Å². The van der Waals surface area contributed by atoms with Crippen LogP contribution in [0.5, 0.6) is 0 Å². The third kappa shape index (κ3) is 1.96. The lowest BCUT2D eigenvalue weighted by atomic mass is 10.3. The first-order valence-electron chi connectivity index (χ1n) is 2.25. The molecule has 0 radical (unpaired) electrons. The van der Waals surface area contributed by atoms with Gasteiger partial charge in [0.1, 0.15) is 0 Å². The maximum atomic E-state index is 10.3. The van der Waals surface area contributed by atoms with Crippen molar-refractivity contribution in [3.8, 4) is 0 Å². The smallest absolute Gasteiger partial charge is 0.355 e. The van der Waals surface area contributed by atoms with E-state index in [0.29, 0.717) is 0 Å². The standard InChI is InChI=1S/C4H9NO4/c1-9-3(7)4(5,8)2-6/h6,8H,2,5H2,1H3/t4-/m0/s1. The Hall–Kier alpha value is -0.650. The fourth-order valence-electron chi connectivity index (χ4n) is 0.241. The molecule has 0 heterocycles. The van der Waals surface area contributed by atoms with Gasteiger partial charge < -0.3 is 14.9 Å². The van der Waals surface area contributed by atoms with Crippen LogP contribution >= 0.6 is 0 Å². The Kier molecular flexibility index (Phi) is 2.57. The molecule has 54 valence electrons. The van der Waals surface area contributed by atoms with E-state index in [1.165, 1.54) is 0 Å². The van der Waals surface area contributed by atoms with E-state index in [1.807, 2.05) is 0 Å². The lowest BCUT2D eigenvalue weighted by molar-refractivity contribution is -0.165. The van der Waals surface area contributed by atoms with E-state index < -0.39 is 18.3 Å². The van der Waals surface area contributed by atoms with E-state index in [0.717, 1.165) is 7.11 Å². The molecule has 9 heavy (non-hydrogen) atoms. The highest BCUT2D eigenvalue weighted by molar-refractivity contribution is 5.78. The molecule has 5 nitrogen and oxygen atoms in total. The topological polar surface area (TPSA) is 92.8 Å². The molecule has 0 saturated heterocycles. The van der Waals surface area contributed by atoms with Crippen LogP contribution in [0.2, 0.25) is 0 Å². The molecule has 0 aromatic rings. The molecule has 0 bridgehead atoms. The minimum absolute atomic E-state index is 0.848. The summed E-state index contributed by atoms with van der Waals surface area (Å²) in [6, 6.07) is 0. The number of esters is 1. The molecule has 0 rings (SSSR count). The summed E-state index contributed by atoms with van der Waals surface area (Å²) < 4.78 is 4.03. The molecule has 0 saturated carbocycles. The largest absolute Gasteiger partial charge is 0.466 e. The molecule has 5 heteroatoms. The van der Waals surface area contributed by atoms with Crippen LogP contribution in [0.25, 0.3) is 0 Å². The normalized spacial score (nSPS) is 16.4. The van der Waals surface area contributed by atoms with E-state index >= 15 is 0 Å². The molecule has 0 unspecified atom stereocenters. The van der Waals surface area contributed by atoms with Crippen LogP contribution in [0.15, 0.2) is 0 Å². The van der Waals surface area contributed by atoms with Gasteiger partial charge in [0.2, 0.25) is 5.72 Å². The Balaban J connectivity index is 3.97. The van der Waals surface area contributed by atoms with Crippen molar-refractivity contribution in [2.24, 2.45) is 5.73 Å². The number of ether oxygens (including phenoxy) is 1. The van der Waals surface area contributed by atoms with Gasteiger partial charge in [-0.05, 0) is 0 Å². The van der Waals surface area contributed by atoms with Crippen molar-refractivity contribution < 1.29 is 19.7 Å². The van der Waals surface area contributed by atoms with Crippen LogP contribution < -0.4 is 5.73 Å². The fourth-order valence-corrected chi connectivity index (χ4v) is 0.241. The number of aliphatic hydroxyl groups is 2. The van der Waals surface area contributed by atoms with Crippen LogP contribution in [0, 0.1) is 0 Å². The maximum absolute atomic E-state index is 10.3. The number of carbonyl (C=O) groups excluding carboxylic acids is 1. The zero-order valence-corrected chi connectivity index (χ0v) is 5.00. The molecule has 0 aromatic carbocycles. The lowest BCUT2D eigenvalue weighted by Gasteiger charge is -2.15. The predicted molar refractivity (Wildman–Crippen MR) is 28.2 cm³/mol. The molecule has 0 aliphatic rings. The average Bonchev–Trinajstić information content (AvgIpc) is 1.86. The molecule has 0 amide bonds. The van der Waals surface area contributed by atoms with Crippen LogP contribution in [-0.4, -0.2) is 35.6 Å². The highest BCUT2D eigenvalue weighted by atomic mass is 16.5. The first-order valence-corrected chi connectivity index (χ1v) is 2.25. The zero-order valence-electron chi connectivity index (χ0n) is 5.00. The Morgan fingerprint density at radius 1 is 1.89 bits per heavy atom. The molecule has 0 aliphatic carbocycles. The summed E-state index contributed by atoms with van der Waals surface area (Å²) in [6.45, 7) is -0.848. The number of carbonyl (C=O) groups is 1. The van der Waals surface area contributed by atoms with Gasteiger partial charge >= 0.3 is 5.97 Å². The summed E-state index contributed by atoms with van der Waals surface area (Å²) in [5, 5.41) is 16.9. The van der Waals surface area contributed by atoms with Crippen LogP contribution in [0.3, 0.4) is 0 Å². The average molecular weight is 135 g/mol. The molecule has 0 aliphatic heterocycles. The van der Waals surface area contributed by atoms with Crippen LogP contribution in [0.1, 0.15) is 0 Å². The first-order chi connectivity index (χ1) is 4.04. The van der Waals surface area contributed by atoms with Crippen molar-refractivity contribution in [3.05, 3.63) is 0 Å². The van der Waals surface area contributed by atoms with Gasteiger partial charge in [-0.2, -0.15) is 0 Å². The number of aliphatic hydroxyl groups excluding tert-OH is 1. The summed E-state index contributed by atoms with van der Waals surface area (Å²) >= 11 is 0. The summed E-state index contributed by atoms with van der Waals surface area (Å²) in [6.07, 6.45) is 0. The molecule has 1 atom stereocenters. The summed E-state index contributed by atoms with van der Waals surface area (Å²) in [5.74, 6) is -1.05. The number of nitrogens with two attached hydrogens (primary N) is 1. The monoisotopic (exact) mass is 135 g/mol. The number of rotatable bonds is 2. The Bertz CT molecular complexity index is 111. The van der Waals surface area contributed by atoms with Gasteiger partial charge in [-0.3, -0.25) is 5.73 Å². The summed E-state index contributed by atoms with van der Waals surface area (Å²) in [7, 11) is 1.07. The number of methoxy groups -OCH3 is 1. The number of hydrogen-bond acceptors (Lipinski definition) is 5. The second kappa shape index (κ2) is 2.77. The lowest BCUT2D eigenvalue weighted by Crippen LogP contribution is -2.51. The van der Waals surface area contributed by atoms with Gasteiger partial charge in [-0.1, -0.05) is 0 Å². The van der Waals surface area contributed by atoms with Crippen molar-refractivity contribution in [2.75, 3.05) is 13.7 Å². The van der Waals surface area contributed by atoms with Gasteiger partial charge in [-0.25, -0.2) is 4.79 Å². The first kappa shape index (κ1) is 8.35. The van der Waals surface area contributed by atoms with Gasteiger partial charge in [0.25, 0.3) is 0 Å². The maximum Gasteiger partial charge on any atom is 0.355 e. The van der Waals surface area contributed by atoms with Crippen molar-refractivity contribution in [1.82, 2.24) is 0 Å². The highest BCUT2D eigenvalue weighted by Gasteiger charge is 2.30. The van der Waals surface area contributed by atoms with Crippen LogP contribution in [-0.2, 0) is 9.53 Å². The van der Waals surface area contributed by atoms with Gasteiger partial charge in [0.15, 0.2) is 0 Å². The molecule has 4 N–H and O–H groups in total. The Morgan fingerprint density at radius 2 is 2.33 bits per heavy atom.